The maximum absolute atomic E-state index is 5.78. The Morgan fingerprint density at radius 2 is 1.94 bits per heavy atom. The Morgan fingerprint density at radius 3 is 2.44 bits per heavy atom. The Labute approximate surface area is 131 Å². The van der Waals surface area contributed by atoms with Gasteiger partial charge in [0.2, 0.25) is 0 Å². The first-order valence-electron chi connectivity index (χ1n) is 5.25. The lowest BCUT2D eigenvalue weighted by Gasteiger charge is -2.10. The minimum Gasteiger partial charge on any atom is -0.485 e. The average Bonchev–Trinajstić information content (AvgIpc) is 2.73. The zero-order valence-electron chi connectivity index (χ0n) is 9.66. The minimum atomic E-state index is 0.450. The second-order valence-electron chi connectivity index (χ2n) is 3.79. The summed E-state index contributed by atoms with van der Waals surface area (Å²) in [7, 11) is 1.89. The van der Waals surface area contributed by atoms with Crippen LogP contribution in [0.15, 0.2) is 33.3 Å². The highest BCUT2D eigenvalue weighted by atomic mass is 79.9. The summed E-state index contributed by atoms with van der Waals surface area (Å²) in [6, 6.07) is 6.01. The van der Waals surface area contributed by atoms with Gasteiger partial charge in [-0.2, -0.15) is 5.10 Å². The lowest BCUT2D eigenvalue weighted by Crippen LogP contribution is -1.99. The summed E-state index contributed by atoms with van der Waals surface area (Å²) in [4.78, 5) is 0. The molecule has 0 amide bonds. The molecule has 0 radical (unpaired) electrons. The van der Waals surface area contributed by atoms with E-state index < -0.39 is 0 Å². The van der Waals surface area contributed by atoms with Gasteiger partial charge in [-0.1, -0.05) is 15.9 Å². The highest BCUT2D eigenvalue weighted by Crippen LogP contribution is 2.35. The van der Waals surface area contributed by atoms with Crippen molar-refractivity contribution >= 4 is 47.8 Å². The summed E-state index contributed by atoms with van der Waals surface area (Å²) in [6.45, 7) is 0.450. The van der Waals surface area contributed by atoms with Gasteiger partial charge in [0.1, 0.15) is 12.4 Å². The molecule has 0 atom stereocenters. The van der Waals surface area contributed by atoms with Gasteiger partial charge in [0.15, 0.2) is 0 Å². The van der Waals surface area contributed by atoms with E-state index in [1.165, 1.54) is 5.56 Å². The molecule has 0 aliphatic rings. The van der Waals surface area contributed by atoms with Crippen LogP contribution in [0.3, 0.4) is 0 Å². The Balaban J connectivity index is 2.14. The molecule has 3 nitrogen and oxygen atoms in total. The summed E-state index contributed by atoms with van der Waals surface area (Å²) in [5.41, 5.74) is 2.08. The number of benzene rings is 1. The summed E-state index contributed by atoms with van der Waals surface area (Å²) in [5, 5.41) is 5.08. The predicted molar refractivity (Wildman–Crippen MR) is 82.0 cm³/mol. The van der Waals surface area contributed by atoms with Gasteiger partial charge in [-0.25, -0.2) is 0 Å². The summed E-state index contributed by atoms with van der Waals surface area (Å²) < 4.78 is 9.41. The SMILES string of the molecule is Cn1ccc(COc2c(Br)cc(CBr)cc2Br)n1. The van der Waals surface area contributed by atoms with Gasteiger partial charge in [0.25, 0.3) is 0 Å². The lowest BCUT2D eigenvalue weighted by molar-refractivity contribution is 0.296. The number of nitrogens with zero attached hydrogens (tertiary/aromatic N) is 2. The van der Waals surface area contributed by atoms with E-state index in [0.29, 0.717) is 6.61 Å². The van der Waals surface area contributed by atoms with Crippen molar-refractivity contribution in [3.05, 3.63) is 44.6 Å². The fraction of sp³-hybridized carbons (Fsp3) is 0.250. The van der Waals surface area contributed by atoms with E-state index in [-0.39, 0.29) is 0 Å². The first-order chi connectivity index (χ1) is 8.60. The normalized spacial score (nSPS) is 10.7. The Hall–Kier alpha value is -0.330. The second-order valence-corrected chi connectivity index (χ2v) is 6.06. The van der Waals surface area contributed by atoms with Crippen LogP contribution in [0.5, 0.6) is 5.75 Å². The number of halogens is 3. The average molecular weight is 439 g/mol. The Kier molecular flexibility index (Phi) is 4.86. The van der Waals surface area contributed by atoms with E-state index in [1.54, 1.807) is 4.68 Å². The fourth-order valence-corrected chi connectivity index (χ4v) is 3.35. The predicted octanol–water partition coefficient (Wildman–Crippen LogP) is 4.42. The highest BCUT2D eigenvalue weighted by Gasteiger charge is 2.09. The highest BCUT2D eigenvalue weighted by molar-refractivity contribution is 9.11. The van der Waals surface area contributed by atoms with Crippen molar-refractivity contribution in [2.45, 2.75) is 11.9 Å². The van der Waals surface area contributed by atoms with Gasteiger partial charge < -0.3 is 4.74 Å². The molecule has 6 heteroatoms. The number of rotatable bonds is 4. The van der Waals surface area contributed by atoms with E-state index in [9.17, 15) is 0 Å². The molecule has 0 saturated carbocycles. The number of alkyl halides is 1. The van der Waals surface area contributed by atoms with Gasteiger partial charge in [-0.15, -0.1) is 0 Å². The van der Waals surface area contributed by atoms with Crippen molar-refractivity contribution in [2.75, 3.05) is 0 Å². The maximum atomic E-state index is 5.78. The van der Waals surface area contributed by atoms with Crippen LogP contribution in [0, 0.1) is 0 Å². The van der Waals surface area contributed by atoms with Crippen molar-refractivity contribution in [1.29, 1.82) is 0 Å². The molecule has 2 rings (SSSR count). The van der Waals surface area contributed by atoms with Crippen LogP contribution in [0.2, 0.25) is 0 Å². The monoisotopic (exact) mass is 436 g/mol. The molecular formula is C12H11Br3N2O. The van der Waals surface area contributed by atoms with E-state index in [0.717, 1.165) is 25.7 Å². The fourth-order valence-electron chi connectivity index (χ4n) is 1.51. The van der Waals surface area contributed by atoms with Gasteiger partial charge in [0, 0.05) is 18.6 Å². The molecule has 0 bridgehead atoms. The molecule has 0 unspecified atom stereocenters. The molecule has 1 heterocycles. The van der Waals surface area contributed by atoms with E-state index in [2.05, 4.69) is 52.9 Å². The molecule has 0 aliphatic carbocycles. The van der Waals surface area contributed by atoms with Gasteiger partial charge in [0.05, 0.1) is 14.6 Å². The van der Waals surface area contributed by atoms with Crippen LogP contribution >= 0.6 is 47.8 Å². The van der Waals surface area contributed by atoms with Crippen molar-refractivity contribution < 1.29 is 4.74 Å². The molecule has 1 aromatic carbocycles. The van der Waals surface area contributed by atoms with Crippen molar-refractivity contribution in [2.24, 2.45) is 7.05 Å². The van der Waals surface area contributed by atoms with E-state index >= 15 is 0 Å². The topological polar surface area (TPSA) is 27.1 Å². The molecule has 96 valence electrons. The number of hydrogen-bond donors (Lipinski definition) is 0. The third-order valence-electron chi connectivity index (χ3n) is 2.35. The molecule has 1 aromatic heterocycles. The molecular weight excluding hydrogens is 428 g/mol. The first-order valence-corrected chi connectivity index (χ1v) is 7.96. The molecule has 18 heavy (non-hydrogen) atoms. The molecule has 0 aliphatic heterocycles. The van der Waals surface area contributed by atoms with Crippen LogP contribution in [-0.2, 0) is 19.0 Å². The first kappa shape index (κ1) is 14.1. The third kappa shape index (κ3) is 3.36. The van der Waals surface area contributed by atoms with Gasteiger partial charge >= 0.3 is 0 Å². The van der Waals surface area contributed by atoms with Gasteiger partial charge in [-0.3, -0.25) is 4.68 Å². The second kappa shape index (κ2) is 6.21. The van der Waals surface area contributed by atoms with E-state index in [4.69, 9.17) is 4.74 Å². The van der Waals surface area contributed by atoms with Crippen LogP contribution < -0.4 is 4.74 Å². The Morgan fingerprint density at radius 1 is 1.28 bits per heavy atom. The number of hydrogen-bond acceptors (Lipinski definition) is 2. The standard InChI is InChI=1S/C12H11Br3N2O/c1-17-3-2-9(16-17)7-18-12-10(14)4-8(6-13)5-11(12)15/h2-5H,6-7H2,1H3. The summed E-state index contributed by atoms with van der Waals surface area (Å²) >= 11 is 10.5. The number of aromatic nitrogens is 2. The Bertz CT molecular complexity index is 531. The van der Waals surface area contributed by atoms with E-state index in [1.807, 2.05) is 31.4 Å². The molecule has 2 aromatic rings. The van der Waals surface area contributed by atoms with Crippen LogP contribution in [0.4, 0.5) is 0 Å². The van der Waals surface area contributed by atoms with Crippen LogP contribution in [0.1, 0.15) is 11.3 Å². The van der Waals surface area contributed by atoms with Crippen molar-refractivity contribution in [3.63, 3.8) is 0 Å². The van der Waals surface area contributed by atoms with Crippen molar-refractivity contribution in [3.8, 4) is 5.75 Å². The van der Waals surface area contributed by atoms with Gasteiger partial charge in [-0.05, 0) is 55.6 Å². The zero-order valence-corrected chi connectivity index (χ0v) is 14.4. The van der Waals surface area contributed by atoms with Crippen LogP contribution in [-0.4, -0.2) is 9.78 Å². The molecule has 0 fully saturated rings. The summed E-state index contributed by atoms with van der Waals surface area (Å²) in [5.74, 6) is 0.797. The number of ether oxygens (including phenoxy) is 1. The largest absolute Gasteiger partial charge is 0.485 e. The smallest absolute Gasteiger partial charge is 0.148 e. The lowest BCUT2D eigenvalue weighted by atomic mass is 10.2. The quantitative estimate of drug-likeness (QED) is 0.661. The van der Waals surface area contributed by atoms with Crippen molar-refractivity contribution in [1.82, 2.24) is 9.78 Å². The third-order valence-corrected chi connectivity index (χ3v) is 4.17. The molecule has 0 N–H and O–H groups in total. The minimum absolute atomic E-state index is 0.450. The van der Waals surface area contributed by atoms with Crippen LogP contribution in [0.25, 0.3) is 0 Å². The molecule has 0 spiro atoms. The number of aryl methyl sites for hydroxylation is 1. The maximum Gasteiger partial charge on any atom is 0.148 e. The zero-order chi connectivity index (χ0) is 13.1. The molecule has 0 saturated heterocycles. The summed E-state index contributed by atoms with van der Waals surface area (Å²) in [6.07, 6.45) is 1.90.